The summed E-state index contributed by atoms with van der Waals surface area (Å²) < 4.78 is 1.10. The predicted molar refractivity (Wildman–Crippen MR) is 95.3 cm³/mol. The monoisotopic (exact) mass is 386 g/mol. The van der Waals surface area contributed by atoms with Crippen LogP contribution in [0.3, 0.4) is 0 Å². The molecule has 1 aromatic carbocycles. The molecule has 3 nitrogen and oxygen atoms in total. The first-order chi connectivity index (χ1) is 10.00. The molecule has 122 valence electrons. The largest absolute Gasteiger partial charge is 0.345 e. The lowest BCUT2D eigenvalue weighted by molar-refractivity contribution is -0.134. The fraction of sp³-hybridized carbons (Fsp3) is 0.588. The molecule has 1 amide bonds. The van der Waals surface area contributed by atoms with Crippen LogP contribution in [0.15, 0.2) is 28.7 Å². The molecule has 0 bridgehead atoms. The number of nitrogens with two attached hydrogens (primary N) is 1. The van der Waals surface area contributed by atoms with Crippen LogP contribution < -0.4 is 5.73 Å². The highest BCUT2D eigenvalue weighted by molar-refractivity contribution is 9.10. The van der Waals surface area contributed by atoms with Gasteiger partial charge in [-0.15, -0.1) is 12.4 Å². The van der Waals surface area contributed by atoms with Crippen molar-refractivity contribution in [2.75, 3.05) is 13.6 Å². The van der Waals surface area contributed by atoms with Crippen molar-refractivity contribution < 1.29 is 4.79 Å². The summed E-state index contributed by atoms with van der Waals surface area (Å²) in [4.78, 5) is 14.5. The lowest BCUT2D eigenvalue weighted by Crippen LogP contribution is -2.38. The zero-order valence-electron chi connectivity index (χ0n) is 12.9. The third kappa shape index (κ3) is 3.66. The standard InChI is InChI=1S/C17H23BrN2O.ClH/c1-20(16(21)12-2-7-15(19)10-12)11-17(8-9-17)13-3-5-14(18)6-4-13;/h3-6,12,15H,2,7-11,19H2,1H3;1H. The number of halogens is 2. The van der Waals surface area contributed by atoms with E-state index in [9.17, 15) is 4.79 Å². The molecule has 2 aliphatic rings. The van der Waals surface area contributed by atoms with E-state index < -0.39 is 0 Å². The highest BCUT2D eigenvalue weighted by Crippen LogP contribution is 2.49. The maximum Gasteiger partial charge on any atom is 0.225 e. The molecule has 2 saturated carbocycles. The summed E-state index contributed by atoms with van der Waals surface area (Å²) in [7, 11) is 1.95. The Morgan fingerprint density at radius 3 is 2.45 bits per heavy atom. The molecule has 0 aliphatic heterocycles. The number of carbonyl (C=O) groups is 1. The van der Waals surface area contributed by atoms with Crippen LogP contribution in [0.5, 0.6) is 0 Å². The second-order valence-corrected chi connectivity index (χ2v) is 7.67. The average Bonchev–Trinajstić information content (AvgIpc) is 3.11. The molecule has 0 heterocycles. The molecule has 2 atom stereocenters. The van der Waals surface area contributed by atoms with E-state index in [1.807, 2.05) is 11.9 Å². The van der Waals surface area contributed by atoms with Crippen LogP contribution in [0, 0.1) is 5.92 Å². The highest BCUT2D eigenvalue weighted by atomic mass is 79.9. The summed E-state index contributed by atoms with van der Waals surface area (Å²) in [6, 6.07) is 8.76. The van der Waals surface area contributed by atoms with Crippen molar-refractivity contribution in [2.45, 2.75) is 43.6 Å². The van der Waals surface area contributed by atoms with Gasteiger partial charge in [0.2, 0.25) is 5.91 Å². The number of hydrogen-bond donors (Lipinski definition) is 1. The molecule has 2 fully saturated rings. The minimum absolute atomic E-state index is 0. The van der Waals surface area contributed by atoms with E-state index in [-0.39, 0.29) is 35.7 Å². The van der Waals surface area contributed by atoms with Crippen LogP contribution in [-0.4, -0.2) is 30.4 Å². The molecular formula is C17H24BrClN2O. The minimum atomic E-state index is 0. The number of benzene rings is 1. The van der Waals surface area contributed by atoms with E-state index in [1.54, 1.807) is 0 Å². The number of hydrogen-bond acceptors (Lipinski definition) is 2. The van der Waals surface area contributed by atoms with E-state index in [0.29, 0.717) is 0 Å². The molecule has 2 aliphatic carbocycles. The van der Waals surface area contributed by atoms with Crippen LogP contribution in [0.1, 0.15) is 37.7 Å². The van der Waals surface area contributed by atoms with Crippen LogP contribution >= 0.6 is 28.3 Å². The third-order valence-electron chi connectivity index (χ3n) is 5.05. The first kappa shape index (κ1) is 17.8. The topological polar surface area (TPSA) is 46.3 Å². The van der Waals surface area contributed by atoms with E-state index in [1.165, 1.54) is 18.4 Å². The Balaban J connectivity index is 0.00000176. The van der Waals surface area contributed by atoms with E-state index in [2.05, 4.69) is 40.2 Å². The van der Waals surface area contributed by atoms with E-state index in [4.69, 9.17) is 5.73 Å². The van der Waals surface area contributed by atoms with Gasteiger partial charge in [0.1, 0.15) is 0 Å². The van der Waals surface area contributed by atoms with Gasteiger partial charge in [0.05, 0.1) is 0 Å². The Hall–Kier alpha value is -0.580. The van der Waals surface area contributed by atoms with Crippen molar-refractivity contribution in [1.29, 1.82) is 0 Å². The molecule has 0 saturated heterocycles. The lowest BCUT2D eigenvalue weighted by Gasteiger charge is -2.26. The van der Waals surface area contributed by atoms with Crippen LogP contribution in [0.4, 0.5) is 0 Å². The van der Waals surface area contributed by atoms with Crippen LogP contribution in [-0.2, 0) is 10.2 Å². The second-order valence-electron chi connectivity index (χ2n) is 6.75. The number of likely N-dealkylation sites (N-methyl/N-ethyl adjacent to an activating group) is 1. The Bertz CT molecular complexity index is 530. The van der Waals surface area contributed by atoms with E-state index >= 15 is 0 Å². The van der Waals surface area contributed by atoms with Gasteiger partial charge in [0.25, 0.3) is 0 Å². The molecule has 3 rings (SSSR count). The normalized spacial score (nSPS) is 25.4. The maximum absolute atomic E-state index is 12.5. The third-order valence-corrected chi connectivity index (χ3v) is 5.58. The van der Waals surface area contributed by atoms with Gasteiger partial charge >= 0.3 is 0 Å². The summed E-state index contributed by atoms with van der Waals surface area (Å²) in [6.07, 6.45) is 5.15. The molecule has 5 heteroatoms. The van der Waals surface area contributed by atoms with Gasteiger partial charge < -0.3 is 10.6 Å². The molecule has 1 aromatic rings. The molecule has 22 heavy (non-hydrogen) atoms. The molecule has 2 unspecified atom stereocenters. The second kappa shape index (κ2) is 6.90. The zero-order valence-corrected chi connectivity index (χ0v) is 15.3. The average molecular weight is 388 g/mol. The lowest BCUT2D eigenvalue weighted by atomic mass is 9.95. The zero-order chi connectivity index (χ0) is 15.0. The maximum atomic E-state index is 12.5. The number of rotatable bonds is 4. The Morgan fingerprint density at radius 1 is 1.32 bits per heavy atom. The van der Waals surface area contributed by atoms with Gasteiger partial charge in [-0.25, -0.2) is 0 Å². The molecule has 0 radical (unpaired) electrons. The van der Waals surface area contributed by atoms with Crippen molar-refractivity contribution in [3.05, 3.63) is 34.3 Å². The van der Waals surface area contributed by atoms with Crippen molar-refractivity contribution in [3.63, 3.8) is 0 Å². The van der Waals surface area contributed by atoms with Crippen molar-refractivity contribution in [2.24, 2.45) is 11.7 Å². The summed E-state index contributed by atoms with van der Waals surface area (Å²) in [6.45, 7) is 0.833. The van der Waals surface area contributed by atoms with Gasteiger partial charge in [-0.3, -0.25) is 4.79 Å². The minimum Gasteiger partial charge on any atom is -0.345 e. The summed E-state index contributed by atoms with van der Waals surface area (Å²) in [5, 5.41) is 0. The van der Waals surface area contributed by atoms with Crippen molar-refractivity contribution >= 4 is 34.2 Å². The summed E-state index contributed by atoms with van der Waals surface area (Å²) in [5.74, 6) is 0.428. The number of amides is 1. The summed E-state index contributed by atoms with van der Waals surface area (Å²) in [5.41, 5.74) is 7.47. The smallest absolute Gasteiger partial charge is 0.225 e. The Morgan fingerprint density at radius 2 is 1.95 bits per heavy atom. The first-order valence-corrected chi connectivity index (χ1v) is 8.56. The molecule has 0 aromatic heterocycles. The fourth-order valence-corrected chi connectivity index (χ4v) is 3.84. The van der Waals surface area contributed by atoms with Gasteiger partial charge in [-0.1, -0.05) is 28.1 Å². The Labute approximate surface area is 147 Å². The highest BCUT2D eigenvalue weighted by Gasteiger charge is 2.46. The van der Waals surface area contributed by atoms with Gasteiger partial charge in [0.15, 0.2) is 0 Å². The molecular weight excluding hydrogens is 364 g/mol. The van der Waals surface area contributed by atoms with Crippen molar-refractivity contribution in [3.8, 4) is 0 Å². The predicted octanol–water partition coefficient (Wildman–Crippen LogP) is 3.49. The SMILES string of the molecule is CN(CC1(c2ccc(Br)cc2)CC1)C(=O)C1CCC(N)C1.Cl. The summed E-state index contributed by atoms with van der Waals surface area (Å²) >= 11 is 3.48. The first-order valence-electron chi connectivity index (χ1n) is 7.77. The van der Waals surface area contributed by atoms with Crippen molar-refractivity contribution in [1.82, 2.24) is 4.90 Å². The van der Waals surface area contributed by atoms with Gasteiger partial charge in [0, 0.05) is 35.4 Å². The Kier molecular flexibility index (Phi) is 5.57. The van der Waals surface area contributed by atoms with Crippen LogP contribution in [0.25, 0.3) is 0 Å². The van der Waals surface area contributed by atoms with Crippen LogP contribution in [0.2, 0.25) is 0 Å². The number of carbonyl (C=O) groups excluding carboxylic acids is 1. The fourth-order valence-electron chi connectivity index (χ4n) is 3.58. The van der Waals surface area contributed by atoms with E-state index in [0.717, 1.165) is 30.3 Å². The van der Waals surface area contributed by atoms with Gasteiger partial charge in [-0.2, -0.15) is 0 Å². The molecule has 2 N–H and O–H groups in total. The number of nitrogens with zero attached hydrogens (tertiary/aromatic N) is 1. The van der Waals surface area contributed by atoms with Gasteiger partial charge in [-0.05, 0) is 49.8 Å². The quantitative estimate of drug-likeness (QED) is 0.859. The molecule has 0 spiro atoms.